The average Bonchev–Trinajstić information content (AvgIpc) is 2.55. The van der Waals surface area contributed by atoms with E-state index in [0.29, 0.717) is 6.04 Å². The van der Waals surface area contributed by atoms with Crippen molar-refractivity contribution in [1.29, 1.82) is 0 Å². The number of nitrogens with zero attached hydrogens (tertiary/aromatic N) is 2. The van der Waals surface area contributed by atoms with Crippen LogP contribution in [0.25, 0.3) is 10.9 Å². The summed E-state index contributed by atoms with van der Waals surface area (Å²) in [6.07, 6.45) is 5.40. The fourth-order valence-corrected chi connectivity index (χ4v) is 3.10. The van der Waals surface area contributed by atoms with Gasteiger partial charge in [-0.25, -0.2) is 9.97 Å². The molecule has 0 bridgehead atoms. The van der Waals surface area contributed by atoms with Gasteiger partial charge < -0.3 is 5.32 Å². The zero-order valence-electron chi connectivity index (χ0n) is 11.8. The number of anilines is 1. The van der Waals surface area contributed by atoms with Gasteiger partial charge in [0.15, 0.2) is 0 Å². The first-order valence-electron chi connectivity index (χ1n) is 7.46. The first kappa shape index (κ1) is 12.3. The second-order valence-corrected chi connectivity index (χ2v) is 5.54. The van der Waals surface area contributed by atoms with E-state index in [1.165, 1.54) is 24.0 Å². The van der Waals surface area contributed by atoms with Gasteiger partial charge in [0, 0.05) is 11.6 Å². The van der Waals surface area contributed by atoms with Gasteiger partial charge in [0.25, 0.3) is 0 Å². The van der Waals surface area contributed by atoms with Gasteiger partial charge in [-0.15, -0.1) is 0 Å². The molecule has 1 aliphatic rings. The second-order valence-electron chi connectivity index (χ2n) is 5.54. The minimum absolute atomic E-state index is 0.316. The van der Waals surface area contributed by atoms with Crippen molar-refractivity contribution in [3.05, 3.63) is 65.9 Å². The van der Waals surface area contributed by atoms with Gasteiger partial charge in [-0.1, -0.05) is 42.5 Å². The number of nitrogens with one attached hydrogen (secondary N) is 1. The molecule has 1 heterocycles. The Morgan fingerprint density at radius 1 is 1.00 bits per heavy atom. The summed E-state index contributed by atoms with van der Waals surface area (Å²) in [6, 6.07) is 17.1. The molecule has 0 aliphatic heterocycles. The average molecular weight is 275 g/mol. The van der Waals surface area contributed by atoms with Crippen LogP contribution in [0.4, 0.5) is 5.95 Å². The highest BCUT2D eigenvalue weighted by atomic mass is 15.1. The molecule has 1 aliphatic carbocycles. The van der Waals surface area contributed by atoms with Crippen LogP contribution in [0, 0.1) is 0 Å². The van der Waals surface area contributed by atoms with E-state index < -0.39 is 0 Å². The van der Waals surface area contributed by atoms with Crippen molar-refractivity contribution >= 4 is 16.9 Å². The Morgan fingerprint density at radius 2 is 1.86 bits per heavy atom. The maximum atomic E-state index is 4.62. The van der Waals surface area contributed by atoms with Gasteiger partial charge >= 0.3 is 0 Å². The third-order valence-corrected chi connectivity index (χ3v) is 4.16. The van der Waals surface area contributed by atoms with Crippen molar-refractivity contribution in [3.63, 3.8) is 0 Å². The lowest BCUT2D eigenvalue weighted by Crippen LogP contribution is -2.18. The lowest BCUT2D eigenvalue weighted by Gasteiger charge is -2.26. The van der Waals surface area contributed by atoms with Gasteiger partial charge in [-0.2, -0.15) is 0 Å². The van der Waals surface area contributed by atoms with Crippen molar-refractivity contribution in [2.75, 3.05) is 5.32 Å². The number of fused-ring (bicyclic) bond motifs is 2. The number of hydrogen-bond donors (Lipinski definition) is 1. The number of hydrogen-bond acceptors (Lipinski definition) is 3. The Morgan fingerprint density at radius 3 is 2.86 bits per heavy atom. The summed E-state index contributed by atoms with van der Waals surface area (Å²) in [5.74, 6) is 0.718. The number of rotatable bonds is 2. The van der Waals surface area contributed by atoms with Crippen LogP contribution in [0.5, 0.6) is 0 Å². The summed E-state index contributed by atoms with van der Waals surface area (Å²) in [5, 5.41) is 4.58. The van der Waals surface area contributed by atoms with Crippen molar-refractivity contribution in [3.8, 4) is 0 Å². The Kier molecular flexibility index (Phi) is 3.03. The molecule has 2 aromatic carbocycles. The molecule has 0 saturated heterocycles. The molecule has 0 amide bonds. The van der Waals surface area contributed by atoms with E-state index in [1.807, 2.05) is 30.5 Å². The molecule has 0 fully saturated rings. The molecule has 1 atom stereocenters. The predicted molar refractivity (Wildman–Crippen MR) is 85.3 cm³/mol. The van der Waals surface area contributed by atoms with Gasteiger partial charge in [0.2, 0.25) is 5.95 Å². The molecule has 3 heteroatoms. The van der Waals surface area contributed by atoms with Gasteiger partial charge in [0.05, 0.1) is 11.6 Å². The van der Waals surface area contributed by atoms with Crippen LogP contribution in [0.1, 0.15) is 30.0 Å². The molecule has 1 N–H and O–H groups in total. The molecule has 0 spiro atoms. The summed E-state index contributed by atoms with van der Waals surface area (Å²) in [5.41, 5.74) is 3.82. The van der Waals surface area contributed by atoms with E-state index in [-0.39, 0.29) is 0 Å². The van der Waals surface area contributed by atoms with Crippen LogP contribution >= 0.6 is 0 Å². The van der Waals surface area contributed by atoms with Crippen LogP contribution in [0.2, 0.25) is 0 Å². The van der Waals surface area contributed by atoms with Gasteiger partial charge in [0.1, 0.15) is 0 Å². The smallest absolute Gasteiger partial charge is 0.223 e. The van der Waals surface area contributed by atoms with E-state index in [2.05, 4.69) is 39.6 Å². The molecular formula is C18H17N3. The zero-order valence-corrected chi connectivity index (χ0v) is 11.8. The SMILES string of the molecule is c1ccc2c(c1)CCCC2Nc1ncc2ccccc2n1. The Balaban J connectivity index is 1.66. The minimum atomic E-state index is 0.316. The van der Waals surface area contributed by atoms with Crippen molar-refractivity contribution in [2.24, 2.45) is 0 Å². The molecule has 4 rings (SSSR count). The second kappa shape index (κ2) is 5.17. The molecule has 1 aromatic heterocycles. The van der Waals surface area contributed by atoms with E-state index in [9.17, 15) is 0 Å². The fraction of sp³-hybridized carbons (Fsp3) is 0.222. The third kappa shape index (κ3) is 2.35. The van der Waals surface area contributed by atoms with Gasteiger partial charge in [-0.05, 0) is 36.5 Å². The number of para-hydroxylation sites is 1. The highest BCUT2D eigenvalue weighted by Gasteiger charge is 2.20. The zero-order chi connectivity index (χ0) is 14.1. The summed E-state index contributed by atoms with van der Waals surface area (Å²) in [7, 11) is 0. The van der Waals surface area contributed by atoms with Crippen molar-refractivity contribution in [2.45, 2.75) is 25.3 Å². The van der Waals surface area contributed by atoms with E-state index >= 15 is 0 Å². The molecule has 1 unspecified atom stereocenters. The largest absolute Gasteiger partial charge is 0.347 e. The molecule has 104 valence electrons. The Hall–Kier alpha value is -2.42. The summed E-state index contributed by atoms with van der Waals surface area (Å²) in [4.78, 5) is 9.07. The normalized spacial score (nSPS) is 17.4. The van der Waals surface area contributed by atoms with Crippen molar-refractivity contribution in [1.82, 2.24) is 9.97 Å². The predicted octanol–water partition coefficient (Wildman–Crippen LogP) is 4.12. The molecule has 0 radical (unpaired) electrons. The lowest BCUT2D eigenvalue weighted by molar-refractivity contribution is 0.597. The standard InChI is InChI=1S/C18H17N3/c1-3-9-15-13(6-1)8-5-11-17(15)21-18-19-12-14-7-2-4-10-16(14)20-18/h1-4,6-7,9-10,12,17H,5,8,11H2,(H,19,20,21). The topological polar surface area (TPSA) is 37.8 Å². The summed E-state index contributed by atoms with van der Waals surface area (Å²) in [6.45, 7) is 0. The van der Waals surface area contributed by atoms with E-state index in [0.717, 1.165) is 23.3 Å². The van der Waals surface area contributed by atoms with E-state index in [4.69, 9.17) is 0 Å². The van der Waals surface area contributed by atoms with Crippen LogP contribution < -0.4 is 5.32 Å². The molecule has 0 saturated carbocycles. The molecular weight excluding hydrogens is 258 g/mol. The molecule has 3 nitrogen and oxygen atoms in total. The minimum Gasteiger partial charge on any atom is -0.347 e. The van der Waals surface area contributed by atoms with Crippen LogP contribution in [-0.4, -0.2) is 9.97 Å². The summed E-state index contributed by atoms with van der Waals surface area (Å²) >= 11 is 0. The maximum absolute atomic E-state index is 4.62. The van der Waals surface area contributed by atoms with Crippen molar-refractivity contribution < 1.29 is 0 Å². The van der Waals surface area contributed by atoms with Crippen LogP contribution in [0.15, 0.2) is 54.7 Å². The third-order valence-electron chi connectivity index (χ3n) is 4.16. The van der Waals surface area contributed by atoms with E-state index in [1.54, 1.807) is 0 Å². The maximum Gasteiger partial charge on any atom is 0.223 e. The first-order valence-corrected chi connectivity index (χ1v) is 7.46. The number of aromatic nitrogens is 2. The van der Waals surface area contributed by atoms with Crippen LogP contribution in [-0.2, 0) is 6.42 Å². The monoisotopic (exact) mass is 275 g/mol. The first-order chi connectivity index (χ1) is 10.4. The van der Waals surface area contributed by atoms with Gasteiger partial charge in [-0.3, -0.25) is 0 Å². The Labute approximate surface area is 124 Å². The molecule has 21 heavy (non-hydrogen) atoms. The molecule has 3 aromatic rings. The number of aryl methyl sites for hydroxylation is 1. The number of benzene rings is 2. The lowest BCUT2D eigenvalue weighted by atomic mass is 9.88. The highest BCUT2D eigenvalue weighted by molar-refractivity contribution is 5.78. The quantitative estimate of drug-likeness (QED) is 0.764. The Bertz CT molecular complexity index is 782. The van der Waals surface area contributed by atoms with Crippen LogP contribution in [0.3, 0.4) is 0 Å². The highest BCUT2D eigenvalue weighted by Crippen LogP contribution is 2.31. The fourth-order valence-electron chi connectivity index (χ4n) is 3.10. The summed E-state index contributed by atoms with van der Waals surface area (Å²) < 4.78 is 0.